The first-order chi connectivity index (χ1) is 8.69. The molecule has 1 aliphatic heterocycles. The number of thioether (sulfide) groups is 1. The Bertz CT molecular complexity index is 451. The van der Waals surface area contributed by atoms with Crippen LogP contribution in [0.4, 0.5) is 10.1 Å². The summed E-state index contributed by atoms with van der Waals surface area (Å²) in [4.78, 5) is 4.41. The molecule has 1 aromatic carbocycles. The highest BCUT2D eigenvalue weighted by Crippen LogP contribution is 2.23. The van der Waals surface area contributed by atoms with Gasteiger partial charge in [-0.2, -0.15) is 0 Å². The second-order valence-electron chi connectivity index (χ2n) is 4.27. The van der Waals surface area contributed by atoms with Gasteiger partial charge >= 0.3 is 0 Å². The fourth-order valence-electron chi connectivity index (χ4n) is 1.61. The molecule has 0 saturated carbocycles. The smallest absolute Gasteiger partial charge is 0.167 e. The van der Waals surface area contributed by atoms with Gasteiger partial charge in [-0.15, -0.1) is 0 Å². The van der Waals surface area contributed by atoms with Gasteiger partial charge in [-0.1, -0.05) is 18.7 Å². The first-order valence-electron chi connectivity index (χ1n) is 6.05. The summed E-state index contributed by atoms with van der Waals surface area (Å²) in [5, 5.41) is 3.99. The Balaban J connectivity index is 2.04. The molecule has 1 aliphatic rings. The number of halogens is 1. The van der Waals surface area contributed by atoms with E-state index in [4.69, 9.17) is 4.74 Å². The minimum atomic E-state index is -0.350. The standard InChI is InChI=1S/C13H17FN2OS/c1-3-17-12-5-4-10(6-11(12)14)16-13-15-7-9(2)8-18-13/h4-6,9H,3,7-8H2,1-2H3,(H,15,16). The van der Waals surface area contributed by atoms with Crippen LogP contribution in [0.25, 0.3) is 0 Å². The lowest BCUT2D eigenvalue weighted by Gasteiger charge is -2.18. The van der Waals surface area contributed by atoms with E-state index >= 15 is 0 Å². The minimum Gasteiger partial charge on any atom is -0.491 e. The predicted molar refractivity (Wildman–Crippen MR) is 75.1 cm³/mol. The van der Waals surface area contributed by atoms with Gasteiger partial charge in [0.1, 0.15) is 0 Å². The number of amidine groups is 1. The Morgan fingerprint density at radius 1 is 1.56 bits per heavy atom. The van der Waals surface area contributed by atoms with Crippen molar-refractivity contribution in [1.82, 2.24) is 0 Å². The van der Waals surface area contributed by atoms with Crippen molar-refractivity contribution in [3.05, 3.63) is 24.0 Å². The Kier molecular flexibility index (Phi) is 4.47. The zero-order valence-corrected chi connectivity index (χ0v) is 11.4. The SMILES string of the molecule is CCOc1ccc(NC2=NCC(C)CS2)cc1F. The van der Waals surface area contributed by atoms with Crippen molar-refractivity contribution in [2.75, 3.05) is 24.2 Å². The first kappa shape index (κ1) is 13.2. The second-order valence-corrected chi connectivity index (χ2v) is 5.27. The summed E-state index contributed by atoms with van der Waals surface area (Å²) in [6, 6.07) is 4.87. The molecule has 1 atom stereocenters. The predicted octanol–water partition coefficient (Wildman–Crippen LogP) is 3.38. The number of hydrogen-bond donors (Lipinski definition) is 1. The molecular weight excluding hydrogens is 251 g/mol. The molecule has 0 aliphatic carbocycles. The molecule has 0 aromatic heterocycles. The molecule has 0 radical (unpaired) electrons. The van der Waals surface area contributed by atoms with E-state index in [1.54, 1.807) is 23.9 Å². The Morgan fingerprint density at radius 2 is 2.39 bits per heavy atom. The average Bonchev–Trinajstić information content (AvgIpc) is 2.36. The van der Waals surface area contributed by atoms with Crippen molar-refractivity contribution in [3.8, 4) is 5.75 Å². The molecule has 1 unspecified atom stereocenters. The molecule has 0 bridgehead atoms. The van der Waals surface area contributed by atoms with Crippen LogP contribution in [0.2, 0.25) is 0 Å². The Morgan fingerprint density at radius 3 is 3.00 bits per heavy atom. The fraction of sp³-hybridized carbons (Fsp3) is 0.462. The van der Waals surface area contributed by atoms with Gasteiger partial charge in [0.25, 0.3) is 0 Å². The van der Waals surface area contributed by atoms with Crippen molar-refractivity contribution in [1.29, 1.82) is 0 Å². The highest BCUT2D eigenvalue weighted by Gasteiger charge is 2.12. The number of benzene rings is 1. The number of rotatable bonds is 3. The van der Waals surface area contributed by atoms with Crippen LogP contribution >= 0.6 is 11.8 Å². The van der Waals surface area contributed by atoms with Gasteiger partial charge in [0.2, 0.25) is 0 Å². The van der Waals surface area contributed by atoms with E-state index in [0.717, 1.165) is 17.5 Å². The highest BCUT2D eigenvalue weighted by atomic mass is 32.2. The molecule has 0 amide bonds. The lowest BCUT2D eigenvalue weighted by atomic mass is 10.2. The van der Waals surface area contributed by atoms with E-state index in [2.05, 4.69) is 17.2 Å². The van der Waals surface area contributed by atoms with Crippen LogP contribution in [-0.2, 0) is 0 Å². The van der Waals surface area contributed by atoms with Crippen molar-refractivity contribution in [2.24, 2.45) is 10.9 Å². The number of ether oxygens (including phenoxy) is 1. The number of anilines is 1. The van der Waals surface area contributed by atoms with E-state index in [0.29, 0.717) is 18.2 Å². The van der Waals surface area contributed by atoms with Crippen LogP contribution < -0.4 is 10.1 Å². The highest BCUT2D eigenvalue weighted by molar-refractivity contribution is 8.14. The maximum absolute atomic E-state index is 13.6. The summed E-state index contributed by atoms with van der Waals surface area (Å²) >= 11 is 1.67. The molecule has 5 heteroatoms. The molecule has 18 heavy (non-hydrogen) atoms. The van der Waals surface area contributed by atoms with Gasteiger partial charge < -0.3 is 10.1 Å². The van der Waals surface area contributed by atoms with Crippen LogP contribution in [0.15, 0.2) is 23.2 Å². The zero-order chi connectivity index (χ0) is 13.0. The van der Waals surface area contributed by atoms with Crippen LogP contribution in [0.3, 0.4) is 0 Å². The van der Waals surface area contributed by atoms with E-state index in [1.165, 1.54) is 6.07 Å². The molecule has 1 heterocycles. The number of aliphatic imine (C=N–C) groups is 1. The molecule has 2 rings (SSSR count). The molecule has 0 saturated heterocycles. The summed E-state index contributed by atoms with van der Waals surface area (Å²) in [5.41, 5.74) is 0.705. The first-order valence-corrected chi connectivity index (χ1v) is 7.04. The molecular formula is C13H17FN2OS. The van der Waals surface area contributed by atoms with Gasteiger partial charge in [0, 0.05) is 24.1 Å². The fourth-order valence-corrected chi connectivity index (χ4v) is 2.51. The van der Waals surface area contributed by atoms with Crippen LogP contribution in [0, 0.1) is 11.7 Å². The topological polar surface area (TPSA) is 33.6 Å². The van der Waals surface area contributed by atoms with Crippen molar-refractivity contribution < 1.29 is 9.13 Å². The molecule has 1 aromatic rings. The maximum Gasteiger partial charge on any atom is 0.167 e. The van der Waals surface area contributed by atoms with Crippen LogP contribution in [0.1, 0.15) is 13.8 Å². The van der Waals surface area contributed by atoms with Crippen molar-refractivity contribution in [3.63, 3.8) is 0 Å². The average molecular weight is 268 g/mol. The van der Waals surface area contributed by atoms with Gasteiger partial charge in [0.05, 0.1) is 6.61 Å². The van der Waals surface area contributed by atoms with E-state index in [-0.39, 0.29) is 11.6 Å². The number of hydrogen-bond acceptors (Lipinski definition) is 4. The monoisotopic (exact) mass is 268 g/mol. The molecule has 1 N–H and O–H groups in total. The van der Waals surface area contributed by atoms with Crippen LogP contribution in [-0.4, -0.2) is 24.1 Å². The summed E-state index contributed by atoms with van der Waals surface area (Å²) < 4.78 is 18.8. The number of nitrogens with one attached hydrogen (secondary N) is 1. The van der Waals surface area contributed by atoms with Gasteiger partial charge in [-0.25, -0.2) is 4.39 Å². The van der Waals surface area contributed by atoms with Gasteiger partial charge in [-0.05, 0) is 25.0 Å². The van der Waals surface area contributed by atoms with Crippen LogP contribution in [0.5, 0.6) is 5.75 Å². The van der Waals surface area contributed by atoms with Crippen molar-refractivity contribution >= 4 is 22.6 Å². The van der Waals surface area contributed by atoms with Gasteiger partial charge in [0.15, 0.2) is 16.7 Å². The number of nitrogens with zero attached hydrogens (tertiary/aromatic N) is 1. The summed E-state index contributed by atoms with van der Waals surface area (Å²) in [6.07, 6.45) is 0. The maximum atomic E-state index is 13.6. The van der Waals surface area contributed by atoms with E-state index in [1.807, 2.05) is 6.92 Å². The van der Waals surface area contributed by atoms with Crippen molar-refractivity contribution in [2.45, 2.75) is 13.8 Å². The normalized spacial score (nSPS) is 19.3. The zero-order valence-electron chi connectivity index (χ0n) is 10.6. The lowest BCUT2D eigenvalue weighted by molar-refractivity contribution is 0.321. The lowest BCUT2D eigenvalue weighted by Crippen LogP contribution is -2.18. The Labute approximate surface area is 111 Å². The third-order valence-electron chi connectivity index (χ3n) is 2.53. The third kappa shape index (κ3) is 3.38. The largest absolute Gasteiger partial charge is 0.491 e. The molecule has 98 valence electrons. The summed E-state index contributed by atoms with van der Waals surface area (Å²) in [6.45, 7) is 5.29. The molecule has 0 spiro atoms. The Hall–Kier alpha value is -1.23. The summed E-state index contributed by atoms with van der Waals surface area (Å²) in [7, 11) is 0. The third-order valence-corrected chi connectivity index (χ3v) is 3.77. The quantitative estimate of drug-likeness (QED) is 0.912. The molecule has 3 nitrogen and oxygen atoms in total. The van der Waals surface area contributed by atoms with E-state index in [9.17, 15) is 4.39 Å². The molecule has 0 fully saturated rings. The minimum absolute atomic E-state index is 0.287. The van der Waals surface area contributed by atoms with Gasteiger partial charge in [-0.3, -0.25) is 4.99 Å². The summed E-state index contributed by atoms with van der Waals surface area (Å²) in [5.74, 6) is 1.59. The van der Waals surface area contributed by atoms with E-state index < -0.39 is 0 Å². The second kappa shape index (κ2) is 6.09.